The van der Waals surface area contributed by atoms with E-state index in [2.05, 4.69) is 26.6 Å². The van der Waals surface area contributed by atoms with Crippen LogP contribution in [0.1, 0.15) is 63.4 Å². The van der Waals surface area contributed by atoms with E-state index in [0.29, 0.717) is 31.7 Å². The maximum atomic E-state index is 13.5. The van der Waals surface area contributed by atoms with Gasteiger partial charge in [0.1, 0.15) is 18.1 Å². The third-order valence-corrected chi connectivity index (χ3v) is 8.92. The summed E-state index contributed by atoms with van der Waals surface area (Å²) >= 11 is 0. The normalized spacial score (nSPS) is 17.6. The Bertz CT molecular complexity index is 1480. The molecule has 1 saturated carbocycles. The van der Waals surface area contributed by atoms with Crippen molar-refractivity contribution in [1.82, 2.24) is 21.3 Å². The number of nitrogens with one attached hydrogen (secondary N) is 5. The fraction of sp³-hybridized carbons (Fsp3) is 0.529. The van der Waals surface area contributed by atoms with Gasteiger partial charge < -0.3 is 47.6 Å². The molecule has 10 N–H and O–H groups in total. The largest absolute Gasteiger partial charge is 0.481 e. The molecule has 1 aliphatic carbocycles. The average molecular weight is 685 g/mol. The molecule has 0 bridgehead atoms. The molecule has 0 spiro atoms. The minimum atomic E-state index is -1.51. The van der Waals surface area contributed by atoms with E-state index >= 15 is 0 Å². The molecule has 0 aliphatic heterocycles. The molecule has 2 aromatic carbocycles. The number of carbonyl (C=O) groups is 6. The number of carbonyl (C=O) groups excluding carboxylic acids is 3. The van der Waals surface area contributed by atoms with E-state index in [-0.39, 0.29) is 50.0 Å². The molecule has 3 unspecified atom stereocenters. The first-order chi connectivity index (χ1) is 23.4. The molecule has 0 heterocycles. The van der Waals surface area contributed by atoms with Crippen LogP contribution in [0.4, 0.5) is 10.5 Å². The average Bonchev–Trinajstić information content (AvgIpc) is 3.08. The van der Waals surface area contributed by atoms with Crippen LogP contribution < -0.4 is 32.3 Å². The van der Waals surface area contributed by atoms with Crippen molar-refractivity contribution in [2.45, 2.75) is 82.3 Å². The number of anilines is 1. The van der Waals surface area contributed by atoms with Crippen molar-refractivity contribution in [3.63, 3.8) is 0 Å². The number of unbranched alkanes of at least 4 members (excludes halogenated alkanes) is 1. The van der Waals surface area contributed by atoms with E-state index in [1.165, 1.54) is 0 Å². The first-order valence-corrected chi connectivity index (χ1v) is 16.6. The number of amides is 4. The SMILES string of the molecule is CNc1cc2ccccc2cc1CC(NC(=O)C1CCC(CN)CC1)C(=O)NCCCCC(NC(=O)NC(CCC(=O)O)C(=O)O)C(=O)O. The predicted molar refractivity (Wildman–Crippen MR) is 182 cm³/mol. The van der Waals surface area contributed by atoms with E-state index in [4.69, 9.17) is 10.8 Å². The van der Waals surface area contributed by atoms with E-state index in [9.17, 15) is 39.0 Å². The van der Waals surface area contributed by atoms with Gasteiger partial charge in [-0.05, 0) is 92.3 Å². The van der Waals surface area contributed by atoms with E-state index < -0.39 is 48.5 Å². The van der Waals surface area contributed by atoms with E-state index in [1.54, 1.807) is 7.05 Å². The summed E-state index contributed by atoms with van der Waals surface area (Å²) in [7, 11) is 1.80. The Morgan fingerprint density at radius 1 is 0.816 bits per heavy atom. The minimum Gasteiger partial charge on any atom is -0.481 e. The first-order valence-electron chi connectivity index (χ1n) is 16.6. The van der Waals surface area contributed by atoms with Crippen LogP contribution in [0.5, 0.6) is 0 Å². The summed E-state index contributed by atoms with van der Waals surface area (Å²) in [4.78, 5) is 73.0. The number of hydrogen-bond acceptors (Lipinski definition) is 8. The number of aliphatic carboxylic acids is 3. The molecule has 2 aromatic rings. The van der Waals surface area contributed by atoms with Crippen LogP contribution in [0.3, 0.4) is 0 Å². The van der Waals surface area contributed by atoms with Gasteiger partial charge >= 0.3 is 23.9 Å². The number of hydrogen-bond donors (Lipinski definition) is 9. The predicted octanol–water partition coefficient (Wildman–Crippen LogP) is 2.03. The van der Waals surface area contributed by atoms with Gasteiger partial charge in [-0.2, -0.15) is 0 Å². The topological polar surface area (TPSA) is 249 Å². The van der Waals surface area contributed by atoms with Gasteiger partial charge in [0.25, 0.3) is 0 Å². The molecule has 0 radical (unpaired) electrons. The summed E-state index contributed by atoms with van der Waals surface area (Å²) in [5.74, 6) is -4.39. The second kappa shape index (κ2) is 19.2. The third-order valence-electron chi connectivity index (χ3n) is 8.92. The zero-order valence-electron chi connectivity index (χ0n) is 27.7. The summed E-state index contributed by atoms with van der Waals surface area (Å²) in [5.41, 5.74) is 7.51. The van der Waals surface area contributed by atoms with E-state index in [0.717, 1.165) is 34.9 Å². The van der Waals surface area contributed by atoms with Gasteiger partial charge in [-0.15, -0.1) is 0 Å². The zero-order valence-corrected chi connectivity index (χ0v) is 27.7. The van der Waals surface area contributed by atoms with Gasteiger partial charge in [0.05, 0.1) is 0 Å². The summed E-state index contributed by atoms with van der Waals surface area (Å²) in [5, 5.41) is 42.9. The summed E-state index contributed by atoms with van der Waals surface area (Å²) < 4.78 is 0. The quantitative estimate of drug-likeness (QED) is 0.0969. The molecule has 49 heavy (non-hydrogen) atoms. The Kier molecular flexibility index (Phi) is 15.1. The summed E-state index contributed by atoms with van der Waals surface area (Å²) in [6.45, 7) is 0.766. The maximum Gasteiger partial charge on any atom is 0.326 e. The summed E-state index contributed by atoms with van der Waals surface area (Å²) in [6, 6.07) is 7.08. The van der Waals surface area contributed by atoms with Crippen LogP contribution in [-0.2, 0) is 30.4 Å². The maximum absolute atomic E-state index is 13.5. The van der Waals surface area contributed by atoms with Crippen LogP contribution in [0.15, 0.2) is 36.4 Å². The van der Waals surface area contributed by atoms with Crippen molar-refractivity contribution < 1.29 is 44.1 Å². The zero-order chi connectivity index (χ0) is 35.9. The van der Waals surface area contributed by atoms with Gasteiger partial charge in [-0.1, -0.05) is 24.3 Å². The highest BCUT2D eigenvalue weighted by molar-refractivity contribution is 5.91. The molecular formula is C34H48N6O9. The lowest BCUT2D eigenvalue weighted by Gasteiger charge is -2.28. The van der Waals surface area contributed by atoms with Crippen LogP contribution >= 0.6 is 0 Å². The second-order valence-electron chi connectivity index (χ2n) is 12.4. The smallest absolute Gasteiger partial charge is 0.326 e. The highest BCUT2D eigenvalue weighted by Crippen LogP contribution is 2.29. The molecule has 3 rings (SSSR count). The molecule has 0 aromatic heterocycles. The van der Waals surface area contributed by atoms with Crippen molar-refractivity contribution in [1.29, 1.82) is 0 Å². The van der Waals surface area contributed by atoms with Gasteiger partial charge in [0, 0.05) is 38.0 Å². The first kappa shape index (κ1) is 38.5. The van der Waals surface area contributed by atoms with Crippen molar-refractivity contribution >= 4 is 52.2 Å². The van der Waals surface area contributed by atoms with Crippen molar-refractivity contribution in [3.8, 4) is 0 Å². The lowest BCUT2D eigenvalue weighted by atomic mass is 9.81. The number of fused-ring (bicyclic) bond motifs is 1. The summed E-state index contributed by atoms with van der Waals surface area (Å²) in [6.07, 6.45) is 3.13. The van der Waals surface area contributed by atoms with Crippen LogP contribution in [-0.4, -0.2) is 89.3 Å². The van der Waals surface area contributed by atoms with Crippen molar-refractivity contribution in [2.75, 3.05) is 25.5 Å². The number of carboxylic acids is 3. The lowest BCUT2D eigenvalue weighted by molar-refractivity contribution is -0.141. The Morgan fingerprint density at radius 3 is 2.00 bits per heavy atom. The molecule has 1 aliphatic rings. The van der Waals surface area contributed by atoms with Crippen molar-refractivity contribution in [3.05, 3.63) is 42.0 Å². The lowest BCUT2D eigenvalue weighted by Crippen LogP contribution is -2.51. The second-order valence-corrected chi connectivity index (χ2v) is 12.4. The molecule has 15 nitrogen and oxygen atoms in total. The molecule has 4 amide bonds. The van der Waals surface area contributed by atoms with Crippen molar-refractivity contribution in [2.24, 2.45) is 17.6 Å². The standard InChI is InChI=1S/C34H48N6O9/c1-36-27-17-23-7-3-2-6-22(23)16-24(27)18-28(38-30(43)21-11-9-20(19-35)10-12-21)31(44)37-15-5-4-8-25(32(45)46)39-34(49)40-26(33(47)48)13-14-29(41)42/h2-3,6-7,16-17,20-21,25-26,28,36H,4-5,8-15,18-19,35H2,1H3,(H,37,44)(H,38,43)(H,41,42)(H,45,46)(H,47,48)(H2,39,40,49). The number of carboxylic acid groups (broad SMARTS) is 3. The molecule has 3 atom stereocenters. The monoisotopic (exact) mass is 684 g/mol. The highest BCUT2D eigenvalue weighted by atomic mass is 16.4. The number of rotatable bonds is 19. The van der Waals surface area contributed by atoms with Crippen LogP contribution in [0.2, 0.25) is 0 Å². The van der Waals surface area contributed by atoms with Gasteiger partial charge in [0.2, 0.25) is 11.8 Å². The number of benzene rings is 2. The third kappa shape index (κ3) is 12.2. The molecular weight excluding hydrogens is 636 g/mol. The van der Waals surface area contributed by atoms with Gasteiger partial charge in [-0.25, -0.2) is 14.4 Å². The van der Waals surface area contributed by atoms with Gasteiger partial charge in [-0.3, -0.25) is 14.4 Å². The fourth-order valence-electron chi connectivity index (χ4n) is 6.02. The Hall–Kier alpha value is -4.92. The Labute approximate surface area is 284 Å². The number of nitrogens with two attached hydrogens (primary N) is 1. The fourth-order valence-corrected chi connectivity index (χ4v) is 6.02. The van der Waals surface area contributed by atoms with Crippen LogP contribution in [0.25, 0.3) is 10.8 Å². The minimum absolute atomic E-state index is 0.0141. The molecule has 15 heteroatoms. The highest BCUT2D eigenvalue weighted by Gasteiger charge is 2.30. The molecule has 1 fully saturated rings. The number of urea groups is 1. The molecule has 268 valence electrons. The Balaban J connectivity index is 1.60. The van der Waals surface area contributed by atoms with Gasteiger partial charge in [0.15, 0.2) is 0 Å². The van der Waals surface area contributed by atoms with Crippen LogP contribution in [0, 0.1) is 11.8 Å². The Morgan fingerprint density at radius 2 is 1.43 bits per heavy atom. The molecule has 0 saturated heterocycles. The van der Waals surface area contributed by atoms with E-state index in [1.807, 2.05) is 36.4 Å².